The molecule has 0 unspecified atom stereocenters. The molecule has 0 saturated carbocycles. The van der Waals surface area contributed by atoms with Crippen molar-refractivity contribution in [1.29, 1.82) is 0 Å². The van der Waals surface area contributed by atoms with E-state index >= 15 is 0 Å². The maximum Gasteiger partial charge on any atom is 0.573 e. The summed E-state index contributed by atoms with van der Waals surface area (Å²) in [6, 6.07) is 9.04. The fourth-order valence-corrected chi connectivity index (χ4v) is 2.59. The topological polar surface area (TPSA) is 90.4 Å². The van der Waals surface area contributed by atoms with E-state index in [2.05, 4.69) is 20.0 Å². The summed E-state index contributed by atoms with van der Waals surface area (Å²) in [5.41, 5.74) is 1.58. The summed E-state index contributed by atoms with van der Waals surface area (Å²) in [6.07, 6.45) is -0.514. The Balaban J connectivity index is 1.85. The van der Waals surface area contributed by atoms with Crippen LogP contribution in [-0.2, 0) is 4.74 Å². The SMILES string of the molecule is COC(=O)c1ccc(C(=O)Nc2ccc(OC(F)(F)F)cc2)cc1-c1cncnc1. The number of esters is 1. The fourth-order valence-electron chi connectivity index (χ4n) is 2.59. The second kappa shape index (κ2) is 8.60. The summed E-state index contributed by atoms with van der Waals surface area (Å²) in [5.74, 6) is -1.54. The van der Waals surface area contributed by atoms with Crippen LogP contribution in [-0.4, -0.2) is 35.3 Å². The summed E-state index contributed by atoms with van der Waals surface area (Å²) in [4.78, 5) is 32.5. The van der Waals surface area contributed by atoms with Gasteiger partial charge in [0.2, 0.25) is 0 Å². The number of ether oxygens (including phenoxy) is 2. The Morgan fingerprint density at radius 3 is 2.27 bits per heavy atom. The van der Waals surface area contributed by atoms with Crippen LogP contribution < -0.4 is 10.1 Å². The molecule has 0 aliphatic carbocycles. The lowest BCUT2D eigenvalue weighted by atomic mass is 9.99. The molecule has 3 aromatic rings. The van der Waals surface area contributed by atoms with Gasteiger partial charge in [-0.25, -0.2) is 14.8 Å². The van der Waals surface area contributed by atoms with Crippen molar-refractivity contribution in [2.45, 2.75) is 6.36 Å². The smallest absolute Gasteiger partial charge is 0.465 e. The van der Waals surface area contributed by atoms with Gasteiger partial charge in [0.1, 0.15) is 12.1 Å². The van der Waals surface area contributed by atoms with Gasteiger partial charge in [-0.15, -0.1) is 13.2 Å². The summed E-state index contributed by atoms with van der Waals surface area (Å²) < 4.78 is 45.3. The van der Waals surface area contributed by atoms with Crippen molar-refractivity contribution in [2.24, 2.45) is 0 Å². The third kappa shape index (κ3) is 5.10. The number of alkyl halides is 3. The van der Waals surface area contributed by atoms with Crippen LogP contribution in [0.25, 0.3) is 11.1 Å². The highest BCUT2D eigenvalue weighted by Gasteiger charge is 2.31. The first-order valence-electron chi connectivity index (χ1n) is 8.42. The van der Waals surface area contributed by atoms with Crippen LogP contribution in [0.1, 0.15) is 20.7 Å². The number of hydrogen-bond acceptors (Lipinski definition) is 6. The minimum Gasteiger partial charge on any atom is -0.465 e. The summed E-state index contributed by atoms with van der Waals surface area (Å²) in [6.45, 7) is 0. The number of nitrogens with zero attached hydrogens (tertiary/aromatic N) is 2. The van der Waals surface area contributed by atoms with E-state index in [-0.39, 0.29) is 16.8 Å². The van der Waals surface area contributed by atoms with Gasteiger partial charge in [0.05, 0.1) is 12.7 Å². The number of hydrogen-bond donors (Lipinski definition) is 1. The Kier molecular flexibility index (Phi) is 5.95. The number of nitrogens with one attached hydrogen (secondary N) is 1. The van der Waals surface area contributed by atoms with Crippen molar-refractivity contribution < 1.29 is 32.2 Å². The zero-order valence-electron chi connectivity index (χ0n) is 15.4. The number of aromatic nitrogens is 2. The van der Waals surface area contributed by atoms with Crippen molar-refractivity contribution >= 4 is 17.6 Å². The first kappa shape index (κ1) is 20.8. The molecule has 1 amide bonds. The van der Waals surface area contributed by atoms with Gasteiger partial charge in [0.15, 0.2) is 0 Å². The first-order valence-corrected chi connectivity index (χ1v) is 8.42. The molecule has 154 valence electrons. The molecule has 1 N–H and O–H groups in total. The highest BCUT2D eigenvalue weighted by molar-refractivity contribution is 6.07. The van der Waals surface area contributed by atoms with Gasteiger partial charge in [-0.1, -0.05) is 0 Å². The van der Waals surface area contributed by atoms with Crippen LogP contribution in [0, 0.1) is 0 Å². The lowest BCUT2D eigenvalue weighted by molar-refractivity contribution is -0.274. The molecule has 0 fully saturated rings. The maximum absolute atomic E-state index is 12.6. The Labute approximate surface area is 168 Å². The van der Waals surface area contributed by atoms with Crippen molar-refractivity contribution in [3.63, 3.8) is 0 Å². The quantitative estimate of drug-likeness (QED) is 0.629. The first-order chi connectivity index (χ1) is 14.3. The Morgan fingerprint density at radius 1 is 1.00 bits per heavy atom. The lowest BCUT2D eigenvalue weighted by Gasteiger charge is -2.12. The minimum absolute atomic E-state index is 0.206. The molecule has 30 heavy (non-hydrogen) atoms. The average molecular weight is 417 g/mol. The number of rotatable bonds is 5. The largest absolute Gasteiger partial charge is 0.573 e. The molecule has 0 aliphatic heterocycles. The van der Waals surface area contributed by atoms with E-state index in [1.807, 2.05) is 0 Å². The molecule has 1 heterocycles. The molecule has 1 aromatic heterocycles. The van der Waals surface area contributed by atoms with Crippen molar-refractivity contribution in [1.82, 2.24) is 9.97 Å². The summed E-state index contributed by atoms with van der Waals surface area (Å²) in [7, 11) is 1.24. The van der Waals surface area contributed by atoms with Crippen molar-refractivity contribution in [3.05, 3.63) is 72.3 Å². The van der Waals surface area contributed by atoms with Crippen LogP contribution >= 0.6 is 0 Å². The Bertz CT molecular complexity index is 1060. The maximum atomic E-state index is 12.6. The van der Waals surface area contributed by atoms with E-state index in [4.69, 9.17) is 4.74 Å². The van der Waals surface area contributed by atoms with Gasteiger partial charge in [-0.05, 0) is 42.5 Å². The average Bonchev–Trinajstić information content (AvgIpc) is 2.73. The highest BCUT2D eigenvalue weighted by atomic mass is 19.4. The third-order valence-corrected chi connectivity index (χ3v) is 3.90. The number of amides is 1. The molecule has 7 nitrogen and oxygen atoms in total. The van der Waals surface area contributed by atoms with Crippen molar-refractivity contribution in [2.75, 3.05) is 12.4 Å². The lowest BCUT2D eigenvalue weighted by Crippen LogP contribution is -2.17. The van der Waals surface area contributed by atoms with Crippen molar-refractivity contribution in [3.8, 4) is 16.9 Å². The van der Waals surface area contributed by atoms with Crippen LogP contribution in [0.15, 0.2) is 61.2 Å². The molecule has 0 aliphatic rings. The fraction of sp³-hybridized carbons (Fsp3) is 0.100. The molecular weight excluding hydrogens is 403 g/mol. The molecule has 0 bridgehead atoms. The number of benzene rings is 2. The molecule has 0 saturated heterocycles. The van der Waals surface area contributed by atoms with Gasteiger partial charge in [0, 0.05) is 34.8 Å². The second-order valence-electron chi connectivity index (χ2n) is 5.91. The van der Waals surface area contributed by atoms with E-state index in [9.17, 15) is 22.8 Å². The van der Waals surface area contributed by atoms with Crippen LogP contribution in [0.2, 0.25) is 0 Å². The predicted octanol–water partition coefficient (Wildman–Crippen LogP) is 4.08. The van der Waals surface area contributed by atoms with Crippen LogP contribution in [0.5, 0.6) is 5.75 Å². The number of carbonyl (C=O) groups excluding carboxylic acids is 2. The molecule has 3 rings (SSSR count). The summed E-state index contributed by atoms with van der Waals surface area (Å²) in [5, 5.41) is 2.57. The molecule has 0 radical (unpaired) electrons. The zero-order chi connectivity index (χ0) is 21.7. The number of methoxy groups -OCH3 is 1. The van der Waals surface area contributed by atoms with Gasteiger partial charge in [-0.2, -0.15) is 0 Å². The number of halogens is 3. The van der Waals surface area contributed by atoms with Gasteiger partial charge >= 0.3 is 12.3 Å². The van der Waals surface area contributed by atoms with E-state index in [0.717, 1.165) is 12.1 Å². The Hall–Kier alpha value is -3.95. The van der Waals surface area contributed by atoms with Gasteiger partial charge in [0.25, 0.3) is 5.91 Å². The predicted molar refractivity (Wildman–Crippen MR) is 99.9 cm³/mol. The highest BCUT2D eigenvalue weighted by Crippen LogP contribution is 2.26. The number of carbonyl (C=O) groups is 2. The van der Waals surface area contributed by atoms with E-state index in [0.29, 0.717) is 11.1 Å². The molecule has 0 atom stereocenters. The van der Waals surface area contributed by atoms with E-state index in [1.54, 1.807) is 0 Å². The van der Waals surface area contributed by atoms with Crippen LogP contribution in [0.3, 0.4) is 0 Å². The van der Waals surface area contributed by atoms with Gasteiger partial charge in [-0.3, -0.25) is 4.79 Å². The number of anilines is 1. The molecule has 0 spiro atoms. The minimum atomic E-state index is -4.80. The monoisotopic (exact) mass is 417 g/mol. The molecule has 2 aromatic carbocycles. The second-order valence-corrected chi connectivity index (χ2v) is 5.91. The third-order valence-electron chi connectivity index (χ3n) is 3.90. The van der Waals surface area contributed by atoms with E-state index < -0.39 is 24.0 Å². The van der Waals surface area contributed by atoms with Crippen LogP contribution in [0.4, 0.5) is 18.9 Å². The standard InChI is InChI=1S/C20H14F3N3O4/c1-29-19(28)16-7-2-12(8-17(16)13-9-24-11-25-10-13)18(27)26-14-3-5-15(6-4-14)30-20(21,22)23/h2-11H,1H3,(H,26,27). The zero-order valence-corrected chi connectivity index (χ0v) is 15.4. The molecular formula is C20H14F3N3O4. The summed E-state index contributed by atoms with van der Waals surface area (Å²) >= 11 is 0. The Morgan fingerprint density at radius 2 is 1.67 bits per heavy atom. The normalized spacial score (nSPS) is 10.9. The van der Waals surface area contributed by atoms with E-state index in [1.165, 1.54) is 56.2 Å². The molecule has 10 heteroatoms. The van der Waals surface area contributed by atoms with Gasteiger partial charge < -0.3 is 14.8 Å².